The topological polar surface area (TPSA) is 119 Å². The Kier molecular flexibility index (Phi) is 6.55. The van der Waals surface area contributed by atoms with Crippen molar-refractivity contribution >= 4 is 34.7 Å². The van der Waals surface area contributed by atoms with Crippen molar-refractivity contribution in [1.29, 1.82) is 5.26 Å². The molecule has 1 N–H and O–H groups in total. The van der Waals surface area contributed by atoms with Crippen LogP contribution in [0.1, 0.15) is 23.6 Å². The molecule has 0 radical (unpaired) electrons. The van der Waals surface area contributed by atoms with E-state index in [-0.39, 0.29) is 17.1 Å². The van der Waals surface area contributed by atoms with Crippen molar-refractivity contribution in [1.82, 2.24) is 14.8 Å². The normalized spacial score (nSPS) is 10.8. The van der Waals surface area contributed by atoms with E-state index in [4.69, 9.17) is 9.47 Å². The number of benzene rings is 2. The molecule has 0 aliphatic rings. The standard InChI is InChI=1S/C26H21N5O4/c1-16-12-24(29-21-7-5-4-6-20(16)21)31-26(19(14-27)15-28-31)30-25(33)11-9-18-8-10-22(35-17(2)32)23(13-18)34-3/h4-13,15H,1-3H3,(H,30,33)/b11-9+. The number of aryl methyl sites for hydroxylation is 1. The zero-order valence-electron chi connectivity index (χ0n) is 19.3. The van der Waals surface area contributed by atoms with Crippen molar-refractivity contribution < 1.29 is 19.1 Å². The number of ether oxygens (including phenoxy) is 2. The molecular formula is C26H21N5O4. The summed E-state index contributed by atoms with van der Waals surface area (Å²) in [5, 5.41) is 17.5. The van der Waals surface area contributed by atoms with Crippen LogP contribution in [0.15, 0.2) is 60.8 Å². The molecule has 2 aromatic heterocycles. The van der Waals surface area contributed by atoms with Crippen LogP contribution in [-0.2, 0) is 9.59 Å². The Morgan fingerprint density at radius 1 is 1.14 bits per heavy atom. The van der Waals surface area contributed by atoms with E-state index < -0.39 is 11.9 Å². The molecule has 9 heteroatoms. The van der Waals surface area contributed by atoms with Crippen molar-refractivity contribution in [2.24, 2.45) is 0 Å². The summed E-state index contributed by atoms with van der Waals surface area (Å²) in [6.07, 6.45) is 4.27. The second-order valence-electron chi connectivity index (χ2n) is 7.57. The molecule has 0 atom stereocenters. The molecule has 35 heavy (non-hydrogen) atoms. The number of fused-ring (bicyclic) bond motifs is 1. The van der Waals surface area contributed by atoms with Gasteiger partial charge in [0.2, 0.25) is 5.91 Å². The SMILES string of the molecule is COc1cc(/C=C/C(=O)Nc2c(C#N)cnn2-c2cc(C)c3ccccc3n2)ccc1OC(C)=O. The summed E-state index contributed by atoms with van der Waals surface area (Å²) in [5.74, 6) is 0.392. The molecule has 1 amide bonds. The van der Waals surface area contributed by atoms with Crippen LogP contribution in [0.4, 0.5) is 5.82 Å². The van der Waals surface area contributed by atoms with Gasteiger partial charge in [0, 0.05) is 18.4 Å². The number of amides is 1. The monoisotopic (exact) mass is 467 g/mol. The first-order valence-electron chi connectivity index (χ1n) is 10.6. The number of rotatable bonds is 6. The number of hydrogen-bond acceptors (Lipinski definition) is 7. The average Bonchev–Trinajstić information content (AvgIpc) is 3.25. The molecule has 2 heterocycles. The summed E-state index contributed by atoms with van der Waals surface area (Å²) in [7, 11) is 1.45. The fraction of sp³-hybridized carbons (Fsp3) is 0.115. The molecule has 2 aromatic carbocycles. The predicted molar refractivity (Wildman–Crippen MR) is 130 cm³/mol. The van der Waals surface area contributed by atoms with Gasteiger partial charge in [-0.2, -0.15) is 15.0 Å². The molecule has 0 unspecified atom stereocenters. The lowest BCUT2D eigenvalue weighted by atomic mass is 10.1. The first kappa shape index (κ1) is 23.2. The quantitative estimate of drug-likeness (QED) is 0.257. The summed E-state index contributed by atoms with van der Waals surface area (Å²) in [6, 6.07) is 16.5. The maximum atomic E-state index is 12.7. The second-order valence-corrected chi connectivity index (χ2v) is 7.57. The third kappa shape index (κ3) is 5.02. The Morgan fingerprint density at radius 2 is 1.94 bits per heavy atom. The Morgan fingerprint density at radius 3 is 2.69 bits per heavy atom. The number of nitrogens with zero attached hydrogens (tertiary/aromatic N) is 4. The van der Waals surface area contributed by atoms with Gasteiger partial charge < -0.3 is 14.8 Å². The van der Waals surface area contributed by atoms with Gasteiger partial charge in [0.25, 0.3) is 0 Å². The average molecular weight is 467 g/mol. The zero-order valence-corrected chi connectivity index (χ0v) is 19.3. The van der Waals surface area contributed by atoms with Gasteiger partial charge in [-0.1, -0.05) is 24.3 Å². The van der Waals surface area contributed by atoms with Gasteiger partial charge in [0.1, 0.15) is 11.6 Å². The summed E-state index contributed by atoms with van der Waals surface area (Å²) in [6.45, 7) is 3.26. The Bertz CT molecular complexity index is 1510. The molecule has 0 fully saturated rings. The van der Waals surface area contributed by atoms with E-state index in [0.29, 0.717) is 17.1 Å². The number of hydrogen-bond donors (Lipinski definition) is 1. The number of carbonyl (C=O) groups excluding carboxylic acids is 2. The van der Waals surface area contributed by atoms with Crippen molar-refractivity contribution in [3.63, 3.8) is 0 Å². The number of anilines is 1. The van der Waals surface area contributed by atoms with Gasteiger partial charge in [-0.25, -0.2) is 4.98 Å². The van der Waals surface area contributed by atoms with Gasteiger partial charge in [-0.05, 0) is 48.4 Å². The van der Waals surface area contributed by atoms with Crippen LogP contribution in [-0.4, -0.2) is 33.8 Å². The van der Waals surface area contributed by atoms with Gasteiger partial charge in [0.15, 0.2) is 23.1 Å². The smallest absolute Gasteiger partial charge is 0.308 e. The molecular weight excluding hydrogens is 446 g/mol. The fourth-order valence-electron chi connectivity index (χ4n) is 3.52. The Hall–Kier alpha value is -4.97. The van der Waals surface area contributed by atoms with Crippen LogP contribution in [0.25, 0.3) is 22.8 Å². The molecule has 0 aliphatic heterocycles. The number of carbonyl (C=O) groups is 2. The molecule has 4 rings (SSSR count). The van der Waals surface area contributed by atoms with Gasteiger partial charge in [-0.15, -0.1) is 0 Å². The largest absolute Gasteiger partial charge is 0.493 e. The lowest BCUT2D eigenvalue weighted by molar-refractivity contribution is -0.132. The zero-order chi connectivity index (χ0) is 24.9. The molecule has 0 bridgehead atoms. The molecule has 0 saturated carbocycles. The van der Waals surface area contributed by atoms with Crippen molar-refractivity contribution in [3.05, 3.63) is 77.5 Å². The lowest BCUT2D eigenvalue weighted by Gasteiger charge is -2.10. The van der Waals surface area contributed by atoms with E-state index in [1.807, 2.05) is 43.3 Å². The van der Waals surface area contributed by atoms with Crippen LogP contribution in [0.2, 0.25) is 0 Å². The molecule has 0 spiro atoms. The minimum absolute atomic E-state index is 0.201. The minimum Gasteiger partial charge on any atom is -0.493 e. The molecule has 174 valence electrons. The highest BCUT2D eigenvalue weighted by molar-refractivity contribution is 6.02. The van der Waals surface area contributed by atoms with E-state index in [0.717, 1.165) is 16.5 Å². The highest BCUT2D eigenvalue weighted by Crippen LogP contribution is 2.29. The number of pyridine rings is 1. The number of methoxy groups -OCH3 is 1. The highest BCUT2D eigenvalue weighted by atomic mass is 16.6. The fourth-order valence-corrected chi connectivity index (χ4v) is 3.52. The van der Waals surface area contributed by atoms with Crippen LogP contribution in [0, 0.1) is 18.3 Å². The number of nitriles is 1. The Labute approximate surface area is 201 Å². The summed E-state index contributed by atoms with van der Waals surface area (Å²) < 4.78 is 11.8. The third-order valence-electron chi connectivity index (χ3n) is 5.13. The van der Waals surface area contributed by atoms with Gasteiger partial charge in [0.05, 0.1) is 18.8 Å². The first-order valence-corrected chi connectivity index (χ1v) is 10.6. The molecule has 4 aromatic rings. The second kappa shape index (κ2) is 9.89. The van der Waals surface area contributed by atoms with Crippen molar-refractivity contribution in [3.8, 4) is 23.4 Å². The number of nitrogens with one attached hydrogen (secondary N) is 1. The van der Waals surface area contributed by atoms with Gasteiger partial charge >= 0.3 is 5.97 Å². The molecule has 9 nitrogen and oxygen atoms in total. The van der Waals surface area contributed by atoms with E-state index in [9.17, 15) is 14.9 Å². The van der Waals surface area contributed by atoms with E-state index >= 15 is 0 Å². The summed E-state index contributed by atoms with van der Waals surface area (Å²) >= 11 is 0. The summed E-state index contributed by atoms with van der Waals surface area (Å²) in [4.78, 5) is 28.6. The number of aromatic nitrogens is 3. The predicted octanol–water partition coefficient (Wildman–Crippen LogP) is 4.19. The lowest BCUT2D eigenvalue weighted by Crippen LogP contribution is -2.14. The highest BCUT2D eigenvalue weighted by Gasteiger charge is 2.16. The van der Waals surface area contributed by atoms with Crippen LogP contribution in [0.3, 0.4) is 0 Å². The minimum atomic E-state index is -0.469. The Balaban J connectivity index is 1.60. The third-order valence-corrected chi connectivity index (χ3v) is 5.13. The number of esters is 1. The molecule has 0 saturated heterocycles. The van der Waals surface area contributed by atoms with Crippen LogP contribution in [0.5, 0.6) is 11.5 Å². The molecule has 0 aliphatic carbocycles. The first-order chi connectivity index (χ1) is 16.9. The summed E-state index contributed by atoms with van der Waals surface area (Å²) in [5.41, 5.74) is 2.61. The van der Waals surface area contributed by atoms with Crippen molar-refractivity contribution in [2.45, 2.75) is 13.8 Å². The van der Waals surface area contributed by atoms with E-state index in [1.165, 1.54) is 31.0 Å². The van der Waals surface area contributed by atoms with Crippen LogP contribution < -0.4 is 14.8 Å². The van der Waals surface area contributed by atoms with Gasteiger partial charge in [-0.3, -0.25) is 9.59 Å². The maximum absolute atomic E-state index is 12.7. The van der Waals surface area contributed by atoms with E-state index in [1.54, 1.807) is 24.3 Å². The maximum Gasteiger partial charge on any atom is 0.308 e. The number of para-hydroxylation sites is 1. The van der Waals surface area contributed by atoms with Crippen molar-refractivity contribution in [2.75, 3.05) is 12.4 Å². The van der Waals surface area contributed by atoms with Crippen LogP contribution >= 0.6 is 0 Å². The van der Waals surface area contributed by atoms with E-state index in [2.05, 4.69) is 15.4 Å².